The second-order valence-corrected chi connectivity index (χ2v) is 6.58. The van der Waals surface area contributed by atoms with Crippen LogP contribution in [-0.4, -0.2) is 59.9 Å². The number of hydrogen-bond acceptors (Lipinski definition) is 4. The number of imide groups is 1. The molecule has 0 aromatic heterocycles. The van der Waals surface area contributed by atoms with Crippen molar-refractivity contribution in [1.82, 2.24) is 9.80 Å². The predicted molar refractivity (Wildman–Crippen MR) is 91.7 cm³/mol. The van der Waals surface area contributed by atoms with E-state index in [1.165, 1.54) is 4.90 Å². The number of carbonyl (C=O) groups is 3. The van der Waals surface area contributed by atoms with E-state index in [1.54, 1.807) is 0 Å². The van der Waals surface area contributed by atoms with Gasteiger partial charge in [0, 0.05) is 19.1 Å². The molecule has 2 aliphatic rings. The highest BCUT2D eigenvalue weighted by Crippen LogP contribution is 2.25. The number of piperidine rings is 1. The molecule has 0 aliphatic carbocycles. The van der Waals surface area contributed by atoms with Crippen LogP contribution in [0, 0.1) is 0 Å². The molecule has 0 spiro atoms. The highest BCUT2D eigenvalue weighted by Gasteiger charge is 2.36. The van der Waals surface area contributed by atoms with Gasteiger partial charge in [0.2, 0.25) is 5.91 Å². The highest BCUT2D eigenvalue weighted by molar-refractivity contribution is 5.98. The van der Waals surface area contributed by atoms with Gasteiger partial charge in [-0.3, -0.25) is 19.3 Å². The average molecular weight is 344 g/mol. The number of hydrogen-bond donors (Lipinski definition) is 0. The van der Waals surface area contributed by atoms with E-state index in [9.17, 15) is 14.4 Å². The molecule has 2 aliphatic heterocycles. The zero-order valence-electron chi connectivity index (χ0n) is 14.5. The number of likely N-dealkylation sites (tertiary alicyclic amines) is 1. The fraction of sp³-hybridized carbons (Fsp3) is 0.526. The quantitative estimate of drug-likeness (QED) is 0.778. The average Bonchev–Trinajstić information content (AvgIpc) is 2.63. The molecule has 1 atom stereocenters. The Morgan fingerprint density at radius 3 is 2.28 bits per heavy atom. The smallest absolute Gasteiger partial charge is 0.255 e. The van der Waals surface area contributed by atoms with Crippen molar-refractivity contribution in [3.8, 4) is 0 Å². The summed E-state index contributed by atoms with van der Waals surface area (Å²) in [7, 11) is 0. The zero-order chi connectivity index (χ0) is 17.8. The molecule has 6 heteroatoms. The van der Waals surface area contributed by atoms with Gasteiger partial charge in [-0.05, 0) is 24.8 Å². The Morgan fingerprint density at radius 1 is 1.12 bits per heavy atom. The summed E-state index contributed by atoms with van der Waals surface area (Å²) in [6.07, 6.45) is 2.02. The number of carbonyl (C=O) groups excluding carboxylic acids is 3. The molecule has 2 saturated heterocycles. The third-order valence-corrected chi connectivity index (χ3v) is 5.04. The maximum atomic E-state index is 12.9. The molecule has 0 N–H and O–H groups in total. The third-order valence-electron chi connectivity index (χ3n) is 5.04. The third kappa shape index (κ3) is 3.74. The largest absolute Gasteiger partial charge is 0.362 e. The number of nitrogens with zero attached hydrogens (tertiary/aromatic N) is 2. The van der Waals surface area contributed by atoms with Gasteiger partial charge >= 0.3 is 0 Å². The summed E-state index contributed by atoms with van der Waals surface area (Å²) in [5.41, 5.74) is 1.04. The van der Waals surface area contributed by atoms with Crippen LogP contribution in [0.25, 0.3) is 0 Å². The van der Waals surface area contributed by atoms with Crippen molar-refractivity contribution in [2.45, 2.75) is 38.1 Å². The molecule has 3 rings (SSSR count). The standard InChI is InChI=1S/C19H24N2O4/c1-2-16(14-6-4-3-5-7-14)19(24)20-10-8-15(9-11-20)21-17(22)12-25-13-18(21)23/h3-7,15-16H,2,8-13H2,1H3/t16-/m1/s1. The van der Waals surface area contributed by atoms with Crippen LogP contribution in [0.2, 0.25) is 0 Å². The first-order chi connectivity index (χ1) is 12.1. The first-order valence-corrected chi connectivity index (χ1v) is 8.88. The molecular formula is C19H24N2O4. The van der Waals surface area contributed by atoms with Crippen LogP contribution in [0.3, 0.4) is 0 Å². The van der Waals surface area contributed by atoms with Crippen molar-refractivity contribution in [1.29, 1.82) is 0 Å². The van der Waals surface area contributed by atoms with Crippen LogP contribution in [0.5, 0.6) is 0 Å². The Hall–Kier alpha value is -2.21. The summed E-state index contributed by atoms with van der Waals surface area (Å²) in [5, 5.41) is 0. The molecule has 1 aromatic carbocycles. The second kappa shape index (κ2) is 7.78. The molecule has 0 saturated carbocycles. The predicted octanol–water partition coefficient (Wildman–Crippen LogP) is 1.56. The highest BCUT2D eigenvalue weighted by atomic mass is 16.5. The number of ether oxygens (including phenoxy) is 1. The van der Waals surface area contributed by atoms with E-state index in [-0.39, 0.29) is 42.9 Å². The fourth-order valence-electron chi connectivity index (χ4n) is 3.71. The van der Waals surface area contributed by atoms with Gasteiger partial charge in [-0.2, -0.15) is 0 Å². The lowest BCUT2D eigenvalue weighted by atomic mass is 9.93. The molecule has 2 fully saturated rings. The molecule has 3 amide bonds. The first kappa shape index (κ1) is 17.6. The van der Waals surface area contributed by atoms with Gasteiger partial charge in [0.1, 0.15) is 13.2 Å². The molecule has 0 radical (unpaired) electrons. The molecule has 0 unspecified atom stereocenters. The normalized spacial score (nSPS) is 20.7. The lowest BCUT2D eigenvalue weighted by Gasteiger charge is -2.39. The second-order valence-electron chi connectivity index (χ2n) is 6.58. The van der Waals surface area contributed by atoms with Crippen molar-refractivity contribution < 1.29 is 19.1 Å². The van der Waals surface area contributed by atoms with Gasteiger partial charge < -0.3 is 9.64 Å². The van der Waals surface area contributed by atoms with Crippen LogP contribution in [-0.2, 0) is 19.1 Å². The van der Waals surface area contributed by atoms with Crippen LogP contribution in [0.15, 0.2) is 30.3 Å². The fourth-order valence-corrected chi connectivity index (χ4v) is 3.71. The number of amides is 3. The molecule has 25 heavy (non-hydrogen) atoms. The van der Waals surface area contributed by atoms with Gasteiger partial charge in [0.25, 0.3) is 11.8 Å². The van der Waals surface area contributed by atoms with Gasteiger partial charge in [-0.15, -0.1) is 0 Å². The minimum absolute atomic E-state index is 0.0310. The molecule has 1 aromatic rings. The summed E-state index contributed by atoms with van der Waals surface area (Å²) >= 11 is 0. The van der Waals surface area contributed by atoms with Crippen LogP contribution in [0.4, 0.5) is 0 Å². The molecule has 2 heterocycles. The van der Waals surface area contributed by atoms with E-state index in [2.05, 4.69) is 0 Å². The van der Waals surface area contributed by atoms with Crippen molar-refractivity contribution in [3.05, 3.63) is 35.9 Å². The van der Waals surface area contributed by atoms with E-state index in [0.717, 1.165) is 12.0 Å². The summed E-state index contributed by atoms with van der Waals surface area (Å²) in [6.45, 7) is 3.11. The van der Waals surface area contributed by atoms with Gasteiger partial charge in [0.05, 0.1) is 5.92 Å². The summed E-state index contributed by atoms with van der Waals surface area (Å²) in [6, 6.07) is 9.71. The molecule has 134 valence electrons. The molecule has 0 bridgehead atoms. The van der Waals surface area contributed by atoms with E-state index in [1.807, 2.05) is 42.2 Å². The number of rotatable bonds is 4. The van der Waals surface area contributed by atoms with Crippen LogP contribution >= 0.6 is 0 Å². The molecular weight excluding hydrogens is 320 g/mol. The van der Waals surface area contributed by atoms with Crippen molar-refractivity contribution in [3.63, 3.8) is 0 Å². The number of benzene rings is 1. The van der Waals surface area contributed by atoms with Gasteiger partial charge in [0.15, 0.2) is 0 Å². The summed E-state index contributed by atoms with van der Waals surface area (Å²) < 4.78 is 4.96. The zero-order valence-corrected chi connectivity index (χ0v) is 14.5. The van der Waals surface area contributed by atoms with E-state index in [0.29, 0.717) is 25.9 Å². The minimum Gasteiger partial charge on any atom is -0.362 e. The Balaban J connectivity index is 1.62. The SMILES string of the molecule is CC[C@@H](C(=O)N1CCC(N2C(=O)COCC2=O)CC1)c1ccccc1. The first-order valence-electron chi connectivity index (χ1n) is 8.88. The Morgan fingerprint density at radius 2 is 1.72 bits per heavy atom. The van der Waals surface area contributed by atoms with Crippen molar-refractivity contribution in [2.75, 3.05) is 26.3 Å². The summed E-state index contributed by atoms with van der Waals surface area (Å²) in [4.78, 5) is 40.0. The molecule has 6 nitrogen and oxygen atoms in total. The van der Waals surface area contributed by atoms with Crippen LogP contribution in [0.1, 0.15) is 37.7 Å². The van der Waals surface area contributed by atoms with Gasteiger partial charge in [-0.1, -0.05) is 37.3 Å². The van der Waals surface area contributed by atoms with E-state index >= 15 is 0 Å². The Labute approximate surface area is 147 Å². The van der Waals surface area contributed by atoms with E-state index in [4.69, 9.17) is 4.74 Å². The van der Waals surface area contributed by atoms with Crippen molar-refractivity contribution in [2.24, 2.45) is 0 Å². The van der Waals surface area contributed by atoms with Crippen molar-refractivity contribution >= 4 is 17.7 Å². The maximum Gasteiger partial charge on any atom is 0.255 e. The lowest BCUT2D eigenvalue weighted by Crippen LogP contribution is -2.55. The van der Waals surface area contributed by atoms with Crippen LogP contribution < -0.4 is 0 Å². The Bertz CT molecular complexity index is 622. The monoisotopic (exact) mass is 344 g/mol. The lowest BCUT2D eigenvalue weighted by molar-refractivity contribution is -0.162. The maximum absolute atomic E-state index is 12.9. The topological polar surface area (TPSA) is 66.9 Å². The minimum atomic E-state index is -0.267. The Kier molecular flexibility index (Phi) is 5.48. The number of morpholine rings is 1. The van der Waals surface area contributed by atoms with Gasteiger partial charge in [-0.25, -0.2) is 0 Å². The summed E-state index contributed by atoms with van der Waals surface area (Å²) in [5.74, 6) is -0.537. The van der Waals surface area contributed by atoms with E-state index < -0.39 is 0 Å².